The molecule has 0 aliphatic carbocycles. The number of anilines is 1. The number of rotatable bonds is 6. The van der Waals surface area contributed by atoms with Crippen LogP contribution in [-0.4, -0.2) is 25.5 Å². The van der Waals surface area contributed by atoms with Crippen molar-refractivity contribution in [2.45, 2.75) is 33.2 Å². The van der Waals surface area contributed by atoms with Gasteiger partial charge in [0.1, 0.15) is 0 Å². The molecule has 0 fully saturated rings. The SMILES string of the molecule is CCC(C(=O)Nc1ccc([N+](=O)[O-])cc1C)n1nc([N+](=O)[O-])cc1C. The summed E-state index contributed by atoms with van der Waals surface area (Å²) in [5, 5.41) is 28.2. The van der Waals surface area contributed by atoms with Gasteiger partial charge in [-0.05, 0) is 36.8 Å². The van der Waals surface area contributed by atoms with Crippen molar-refractivity contribution in [3.05, 3.63) is 55.8 Å². The zero-order chi connectivity index (χ0) is 18.7. The Morgan fingerprint density at radius 2 is 1.92 bits per heavy atom. The van der Waals surface area contributed by atoms with Gasteiger partial charge in [-0.2, -0.15) is 4.68 Å². The molecule has 1 heterocycles. The Labute approximate surface area is 142 Å². The van der Waals surface area contributed by atoms with Crippen LogP contribution in [0, 0.1) is 34.1 Å². The monoisotopic (exact) mass is 347 g/mol. The summed E-state index contributed by atoms with van der Waals surface area (Å²) in [6, 6.07) is 4.68. The van der Waals surface area contributed by atoms with Gasteiger partial charge in [0.25, 0.3) is 11.6 Å². The minimum Gasteiger partial charge on any atom is -0.358 e. The molecule has 0 bridgehead atoms. The topological polar surface area (TPSA) is 133 Å². The molecule has 0 saturated heterocycles. The van der Waals surface area contributed by atoms with Crippen molar-refractivity contribution >= 4 is 23.1 Å². The number of aromatic nitrogens is 2. The normalized spacial score (nSPS) is 11.8. The predicted octanol–water partition coefficient (Wildman–Crippen LogP) is 2.91. The van der Waals surface area contributed by atoms with E-state index >= 15 is 0 Å². The Balaban J connectivity index is 2.26. The van der Waals surface area contributed by atoms with E-state index in [0.29, 0.717) is 23.4 Å². The van der Waals surface area contributed by atoms with Crippen molar-refractivity contribution in [1.29, 1.82) is 0 Å². The van der Waals surface area contributed by atoms with Gasteiger partial charge in [0.15, 0.2) is 6.04 Å². The highest BCUT2D eigenvalue weighted by atomic mass is 16.6. The average Bonchev–Trinajstić information content (AvgIpc) is 2.92. The fraction of sp³-hybridized carbons (Fsp3) is 0.333. The van der Waals surface area contributed by atoms with Crippen molar-refractivity contribution in [1.82, 2.24) is 9.78 Å². The van der Waals surface area contributed by atoms with Crippen molar-refractivity contribution in [3.63, 3.8) is 0 Å². The number of amides is 1. The van der Waals surface area contributed by atoms with Gasteiger partial charge >= 0.3 is 5.82 Å². The highest BCUT2D eigenvalue weighted by molar-refractivity contribution is 5.94. The highest BCUT2D eigenvalue weighted by Gasteiger charge is 2.27. The fourth-order valence-corrected chi connectivity index (χ4v) is 2.46. The zero-order valence-corrected chi connectivity index (χ0v) is 13.9. The molecule has 2 rings (SSSR count). The second kappa shape index (κ2) is 7.07. The Bertz CT molecular complexity index is 845. The number of aryl methyl sites for hydroxylation is 2. The summed E-state index contributed by atoms with van der Waals surface area (Å²) in [6.07, 6.45) is 0.373. The van der Waals surface area contributed by atoms with Crippen LogP contribution in [0.3, 0.4) is 0 Å². The second-order valence-electron chi connectivity index (χ2n) is 5.52. The van der Waals surface area contributed by atoms with Crippen LogP contribution in [0.15, 0.2) is 24.3 Å². The summed E-state index contributed by atoms with van der Waals surface area (Å²) < 4.78 is 1.31. The number of carbonyl (C=O) groups is 1. The molecule has 1 amide bonds. The van der Waals surface area contributed by atoms with Crippen LogP contribution in [0.1, 0.15) is 30.6 Å². The summed E-state index contributed by atoms with van der Waals surface area (Å²) in [6.45, 7) is 5.04. The first-order valence-electron chi connectivity index (χ1n) is 7.51. The number of nitrogens with one attached hydrogen (secondary N) is 1. The van der Waals surface area contributed by atoms with Crippen LogP contribution in [-0.2, 0) is 4.79 Å². The summed E-state index contributed by atoms with van der Waals surface area (Å²) in [5.41, 5.74) is 1.41. The van der Waals surface area contributed by atoms with Crippen LogP contribution < -0.4 is 5.32 Å². The van der Waals surface area contributed by atoms with Gasteiger partial charge < -0.3 is 15.4 Å². The Morgan fingerprint density at radius 3 is 2.40 bits per heavy atom. The first-order chi connectivity index (χ1) is 11.7. The number of carbonyl (C=O) groups excluding carboxylic acids is 1. The summed E-state index contributed by atoms with van der Waals surface area (Å²) in [5.74, 6) is -0.726. The zero-order valence-electron chi connectivity index (χ0n) is 13.9. The summed E-state index contributed by atoms with van der Waals surface area (Å²) in [4.78, 5) is 33.1. The standard InChI is InChI=1S/C15H17N5O5/c1-4-13(18-10(3)8-14(17-18)20(24)25)15(21)16-12-6-5-11(19(22)23)7-9(12)2/h5-8,13H,4H2,1-3H3,(H,16,21). The summed E-state index contributed by atoms with van der Waals surface area (Å²) >= 11 is 0. The quantitative estimate of drug-likeness (QED) is 0.631. The molecule has 1 unspecified atom stereocenters. The molecule has 0 spiro atoms. The molecule has 0 saturated carbocycles. The molecule has 132 valence electrons. The van der Waals surface area contributed by atoms with E-state index in [1.54, 1.807) is 20.8 Å². The molecule has 2 aromatic rings. The van der Waals surface area contributed by atoms with E-state index in [1.165, 1.54) is 28.9 Å². The van der Waals surface area contributed by atoms with E-state index in [4.69, 9.17) is 0 Å². The molecule has 0 aliphatic rings. The van der Waals surface area contributed by atoms with Gasteiger partial charge in [-0.1, -0.05) is 6.92 Å². The largest absolute Gasteiger partial charge is 0.390 e. The Kier molecular flexibility index (Phi) is 5.11. The van der Waals surface area contributed by atoms with Crippen molar-refractivity contribution in [2.75, 3.05) is 5.32 Å². The van der Waals surface area contributed by atoms with Gasteiger partial charge in [0.05, 0.1) is 21.8 Å². The lowest BCUT2D eigenvalue weighted by molar-refractivity contribution is -0.389. The molecular weight excluding hydrogens is 330 g/mol. The third-order valence-electron chi connectivity index (χ3n) is 3.76. The lowest BCUT2D eigenvalue weighted by Crippen LogP contribution is -2.27. The van der Waals surface area contributed by atoms with Gasteiger partial charge in [-0.15, -0.1) is 0 Å². The third kappa shape index (κ3) is 3.79. The maximum absolute atomic E-state index is 12.6. The van der Waals surface area contributed by atoms with Crippen LogP contribution in [0.5, 0.6) is 0 Å². The number of hydrogen-bond donors (Lipinski definition) is 1. The van der Waals surface area contributed by atoms with Gasteiger partial charge in [0, 0.05) is 17.8 Å². The number of nitrogens with zero attached hydrogens (tertiary/aromatic N) is 4. The number of nitro benzene ring substituents is 1. The van der Waals surface area contributed by atoms with Crippen molar-refractivity contribution in [3.8, 4) is 0 Å². The summed E-state index contributed by atoms with van der Waals surface area (Å²) in [7, 11) is 0. The second-order valence-corrected chi connectivity index (χ2v) is 5.52. The van der Waals surface area contributed by atoms with Crippen molar-refractivity contribution in [2.24, 2.45) is 0 Å². The first-order valence-corrected chi connectivity index (χ1v) is 7.51. The van der Waals surface area contributed by atoms with Crippen LogP contribution in [0.25, 0.3) is 0 Å². The minimum absolute atomic E-state index is 0.0684. The molecule has 10 heteroatoms. The Morgan fingerprint density at radius 1 is 1.24 bits per heavy atom. The average molecular weight is 347 g/mol. The van der Waals surface area contributed by atoms with Crippen LogP contribution in [0.2, 0.25) is 0 Å². The molecule has 0 radical (unpaired) electrons. The van der Waals surface area contributed by atoms with Gasteiger partial charge in [0.2, 0.25) is 0 Å². The molecule has 1 atom stereocenters. The smallest absolute Gasteiger partial charge is 0.358 e. The van der Waals surface area contributed by atoms with Crippen LogP contribution in [0.4, 0.5) is 17.2 Å². The Hall–Kier alpha value is -3.30. The van der Waals surface area contributed by atoms with Gasteiger partial charge in [-0.25, -0.2) is 0 Å². The van der Waals surface area contributed by atoms with Gasteiger partial charge in [-0.3, -0.25) is 14.9 Å². The number of benzene rings is 1. The molecule has 25 heavy (non-hydrogen) atoms. The van der Waals surface area contributed by atoms with E-state index in [1.807, 2.05) is 0 Å². The predicted molar refractivity (Wildman–Crippen MR) is 89.4 cm³/mol. The van der Waals surface area contributed by atoms with E-state index in [9.17, 15) is 25.0 Å². The molecule has 10 nitrogen and oxygen atoms in total. The van der Waals surface area contributed by atoms with E-state index in [2.05, 4.69) is 10.4 Å². The lowest BCUT2D eigenvalue weighted by Gasteiger charge is -2.15. The molecular formula is C15H17N5O5. The first kappa shape index (κ1) is 18.0. The molecule has 1 aromatic carbocycles. The number of nitro groups is 2. The third-order valence-corrected chi connectivity index (χ3v) is 3.76. The maximum atomic E-state index is 12.6. The minimum atomic E-state index is -0.733. The highest BCUT2D eigenvalue weighted by Crippen LogP contribution is 2.24. The lowest BCUT2D eigenvalue weighted by atomic mass is 10.1. The van der Waals surface area contributed by atoms with E-state index in [0.717, 1.165) is 0 Å². The number of hydrogen-bond acceptors (Lipinski definition) is 6. The fourth-order valence-electron chi connectivity index (χ4n) is 2.46. The molecule has 0 aliphatic heterocycles. The van der Waals surface area contributed by atoms with Crippen LogP contribution >= 0.6 is 0 Å². The van der Waals surface area contributed by atoms with E-state index in [-0.39, 0.29) is 11.5 Å². The number of non-ortho nitro benzene ring substituents is 1. The maximum Gasteiger partial charge on any atom is 0.390 e. The van der Waals surface area contributed by atoms with E-state index < -0.39 is 21.8 Å². The molecule has 1 aromatic heterocycles. The van der Waals surface area contributed by atoms with Crippen molar-refractivity contribution < 1.29 is 14.6 Å². The molecule has 1 N–H and O–H groups in total.